The van der Waals surface area contributed by atoms with Gasteiger partial charge in [0, 0.05) is 43.9 Å². The van der Waals surface area contributed by atoms with Crippen LogP contribution < -0.4 is 5.32 Å². The van der Waals surface area contributed by atoms with Gasteiger partial charge in [-0.05, 0) is 12.1 Å². The van der Waals surface area contributed by atoms with Gasteiger partial charge < -0.3 is 15.0 Å². The Kier molecular flexibility index (Phi) is 7.55. The van der Waals surface area contributed by atoms with E-state index in [0.29, 0.717) is 26.2 Å². The Hall–Kier alpha value is -1.29. The van der Waals surface area contributed by atoms with Crippen molar-refractivity contribution in [2.24, 2.45) is 0 Å². The first-order chi connectivity index (χ1) is 11.9. The molecule has 1 aromatic carbocycles. The van der Waals surface area contributed by atoms with Crippen LogP contribution in [0.4, 0.5) is 4.79 Å². The molecule has 2 rings (SSSR count). The van der Waals surface area contributed by atoms with Crippen LogP contribution >= 0.6 is 11.8 Å². The molecule has 0 radical (unpaired) electrons. The van der Waals surface area contributed by atoms with Crippen LogP contribution in [0.5, 0.6) is 0 Å². The van der Waals surface area contributed by atoms with E-state index in [1.54, 1.807) is 23.7 Å². The van der Waals surface area contributed by atoms with Crippen LogP contribution in [0.1, 0.15) is 0 Å². The fourth-order valence-electron chi connectivity index (χ4n) is 2.37. The van der Waals surface area contributed by atoms with Gasteiger partial charge in [0.2, 0.25) is 10.0 Å². The van der Waals surface area contributed by atoms with Crippen molar-refractivity contribution < 1.29 is 17.9 Å². The average molecular weight is 388 g/mol. The monoisotopic (exact) mass is 387 g/mol. The van der Waals surface area contributed by atoms with Gasteiger partial charge in [-0.25, -0.2) is 13.2 Å². The number of nitrogens with one attached hydrogen (secondary N) is 1. The van der Waals surface area contributed by atoms with Crippen LogP contribution in [0.25, 0.3) is 0 Å². The molecule has 0 saturated carbocycles. The Labute approximate surface area is 153 Å². The Morgan fingerprint density at radius 1 is 1.40 bits per heavy atom. The number of hydrogen-bond donors (Lipinski definition) is 1. The Bertz CT molecular complexity index is 655. The van der Waals surface area contributed by atoms with Crippen molar-refractivity contribution in [1.29, 1.82) is 0 Å². The van der Waals surface area contributed by atoms with Crippen LogP contribution in [0.15, 0.2) is 35.2 Å². The summed E-state index contributed by atoms with van der Waals surface area (Å²) < 4.78 is 30.1. The van der Waals surface area contributed by atoms with Gasteiger partial charge in [-0.3, -0.25) is 0 Å². The first-order valence-electron chi connectivity index (χ1n) is 8.10. The molecule has 1 heterocycles. The first kappa shape index (κ1) is 20.0. The van der Waals surface area contributed by atoms with Gasteiger partial charge in [-0.15, -0.1) is 11.8 Å². The van der Waals surface area contributed by atoms with E-state index in [4.69, 9.17) is 4.74 Å². The van der Waals surface area contributed by atoms with E-state index in [-0.39, 0.29) is 18.7 Å². The molecule has 0 unspecified atom stereocenters. The minimum Gasteiger partial charge on any atom is -0.374 e. The van der Waals surface area contributed by atoms with Crippen molar-refractivity contribution in [2.75, 3.05) is 51.8 Å². The number of carbonyl (C=O) groups is 1. The number of amides is 2. The molecular weight excluding hydrogens is 362 g/mol. The zero-order valence-corrected chi connectivity index (χ0v) is 16.2. The lowest BCUT2D eigenvalue weighted by molar-refractivity contribution is 0.00103. The van der Waals surface area contributed by atoms with Gasteiger partial charge in [0.25, 0.3) is 0 Å². The van der Waals surface area contributed by atoms with Gasteiger partial charge in [0.05, 0.1) is 19.0 Å². The molecule has 2 amide bonds. The minimum absolute atomic E-state index is 0.186. The molecular formula is C16H25N3O4S2. The molecule has 7 nitrogen and oxygen atoms in total. The first-order valence-corrected chi connectivity index (χ1v) is 10.9. The normalized spacial score (nSPS) is 18.7. The Morgan fingerprint density at radius 2 is 2.12 bits per heavy atom. The molecule has 1 atom stereocenters. The molecule has 9 heteroatoms. The summed E-state index contributed by atoms with van der Waals surface area (Å²) >= 11 is 1.70. The van der Waals surface area contributed by atoms with Crippen LogP contribution in [-0.2, 0) is 14.8 Å². The van der Waals surface area contributed by atoms with E-state index in [1.165, 1.54) is 15.5 Å². The number of thioether (sulfide) groups is 1. The van der Waals surface area contributed by atoms with E-state index in [9.17, 15) is 13.2 Å². The summed E-state index contributed by atoms with van der Waals surface area (Å²) in [6.07, 6.45) is 0.867. The van der Waals surface area contributed by atoms with Crippen molar-refractivity contribution in [3.05, 3.63) is 30.3 Å². The lowest BCUT2D eigenvalue weighted by Gasteiger charge is -2.31. The molecule has 1 aliphatic heterocycles. The van der Waals surface area contributed by atoms with Gasteiger partial charge in [0.1, 0.15) is 0 Å². The minimum atomic E-state index is -3.22. The number of urea groups is 1. The number of nitrogens with zero attached hydrogens (tertiary/aromatic N) is 2. The summed E-state index contributed by atoms with van der Waals surface area (Å²) in [7, 11) is -1.48. The zero-order chi connectivity index (χ0) is 18.3. The largest absolute Gasteiger partial charge is 0.374 e. The number of ether oxygens (including phenoxy) is 1. The van der Waals surface area contributed by atoms with E-state index < -0.39 is 10.0 Å². The third-order valence-corrected chi connectivity index (χ3v) is 6.10. The molecule has 25 heavy (non-hydrogen) atoms. The standard InChI is InChI=1S/C16H25N3O4S2/c1-18(9-11-24-15-6-4-3-5-7-15)16(20)17-12-14-13-19(8-10-23-14)25(2,21)22/h3-7,14H,8-13H2,1-2H3,(H,17,20)/t14-/m0/s1. The number of sulfonamides is 1. The second kappa shape index (κ2) is 9.42. The maximum Gasteiger partial charge on any atom is 0.317 e. The van der Waals surface area contributed by atoms with E-state index >= 15 is 0 Å². The highest BCUT2D eigenvalue weighted by Gasteiger charge is 2.26. The second-order valence-corrected chi connectivity index (χ2v) is 9.03. The predicted octanol–water partition coefficient (Wildman–Crippen LogP) is 1.08. The SMILES string of the molecule is CN(CCSc1ccccc1)C(=O)NC[C@H]1CN(S(C)(=O)=O)CCO1. The number of benzene rings is 1. The van der Waals surface area contributed by atoms with Crippen molar-refractivity contribution in [3.63, 3.8) is 0 Å². The maximum atomic E-state index is 12.1. The van der Waals surface area contributed by atoms with Crippen LogP contribution in [0.3, 0.4) is 0 Å². The fraction of sp³-hybridized carbons (Fsp3) is 0.562. The molecule has 0 aromatic heterocycles. The predicted molar refractivity (Wildman–Crippen MR) is 99.4 cm³/mol. The average Bonchev–Trinajstić information content (AvgIpc) is 2.60. The van der Waals surface area contributed by atoms with Crippen molar-refractivity contribution in [3.8, 4) is 0 Å². The summed E-state index contributed by atoms with van der Waals surface area (Å²) in [5.41, 5.74) is 0. The number of hydrogen-bond acceptors (Lipinski definition) is 5. The summed E-state index contributed by atoms with van der Waals surface area (Å²) in [5.74, 6) is 0.801. The van der Waals surface area contributed by atoms with Crippen LogP contribution in [-0.4, -0.2) is 81.6 Å². The topological polar surface area (TPSA) is 79.0 Å². The number of rotatable bonds is 7. The smallest absolute Gasteiger partial charge is 0.317 e. The fourth-order valence-corrected chi connectivity index (χ4v) is 4.17. The third-order valence-electron chi connectivity index (χ3n) is 3.84. The van der Waals surface area contributed by atoms with Gasteiger partial charge >= 0.3 is 6.03 Å². The van der Waals surface area contributed by atoms with Gasteiger partial charge in [-0.2, -0.15) is 4.31 Å². The zero-order valence-electron chi connectivity index (χ0n) is 14.6. The van der Waals surface area contributed by atoms with Crippen molar-refractivity contribution in [1.82, 2.24) is 14.5 Å². The maximum absolute atomic E-state index is 12.1. The molecule has 1 saturated heterocycles. The van der Waals surface area contributed by atoms with E-state index in [0.717, 1.165) is 5.75 Å². The molecule has 1 fully saturated rings. The summed E-state index contributed by atoms with van der Waals surface area (Å²) in [6, 6.07) is 9.85. The second-order valence-electron chi connectivity index (χ2n) is 5.88. The van der Waals surface area contributed by atoms with E-state index in [1.807, 2.05) is 30.3 Å². The quantitative estimate of drug-likeness (QED) is 0.709. The third kappa shape index (κ3) is 6.85. The molecule has 140 valence electrons. The van der Waals surface area contributed by atoms with Gasteiger partial charge in [-0.1, -0.05) is 18.2 Å². The molecule has 0 spiro atoms. The molecule has 1 N–H and O–H groups in total. The van der Waals surface area contributed by atoms with Crippen LogP contribution in [0.2, 0.25) is 0 Å². The van der Waals surface area contributed by atoms with Crippen LogP contribution in [0, 0.1) is 0 Å². The van der Waals surface area contributed by atoms with Gasteiger partial charge in [0.15, 0.2) is 0 Å². The molecule has 1 aromatic rings. The summed E-state index contributed by atoms with van der Waals surface area (Å²) in [4.78, 5) is 14.9. The lowest BCUT2D eigenvalue weighted by atomic mass is 10.3. The van der Waals surface area contributed by atoms with E-state index in [2.05, 4.69) is 5.32 Å². The van der Waals surface area contributed by atoms with Crippen molar-refractivity contribution in [2.45, 2.75) is 11.0 Å². The Morgan fingerprint density at radius 3 is 2.80 bits per heavy atom. The molecule has 0 aliphatic carbocycles. The Balaban J connectivity index is 1.68. The van der Waals surface area contributed by atoms with Crippen molar-refractivity contribution >= 4 is 27.8 Å². The highest BCUT2D eigenvalue weighted by atomic mass is 32.2. The number of morpholine rings is 1. The molecule has 1 aliphatic rings. The number of carbonyl (C=O) groups excluding carboxylic acids is 1. The summed E-state index contributed by atoms with van der Waals surface area (Å²) in [5, 5.41) is 2.80. The highest BCUT2D eigenvalue weighted by molar-refractivity contribution is 7.99. The summed E-state index contributed by atoms with van der Waals surface area (Å²) in [6.45, 7) is 1.89. The lowest BCUT2D eigenvalue weighted by Crippen LogP contribution is -2.50. The molecule has 0 bridgehead atoms. The highest BCUT2D eigenvalue weighted by Crippen LogP contribution is 2.16.